The minimum atomic E-state index is 0.0950. The zero-order valence-electron chi connectivity index (χ0n) is 15.2. The number of amides is 1. The second-order valence-corrected chi connectivity index (χ2v) is 5.77. The van der Waals surface area contributed by atoms with Crippen molar-refractivity contribution in [3.8, 4) is 17.2 Å². The number of hydrogen-bond donors (Lipinski definition) is 0. The lowest BCUT2D eigenvalue weighted by Crippen LogP contribution is -2.26. The molecule has 0 aromatic heterocycles. The molecule has 0 atom stereocenters. The fourth-order valence-corrected chi connectivity index (χ4v) is 2.67. The van der Waals surface area contributed by atoms with Crippen LogP contribution in [0.4, 0.5) is 0 Å². The van der Waals surface area contributed by atoms with Gasteiger partial charge in [-0.05, 0) is 29.7 Å². The average molecular weight is 343 g/mol. The second kappa shape index (κ2) is 8.97. The number of aryl methyl sites for hydroxylation is 1. The number of hydrogen-bond acceptors (Lipinski definition) is 4. The van der Waals surface area contributed by atoms with Gasteiger partial charge in [0, 0.05) is 20.0 Å². The molecular formula is C20H25NO4. The summed E-state index contributed by atoms with van der Waals surface area (Å²) < 4.78 is 16.0. The molecule has 0 aliphatic carbocycles. The first kappa shape index (κ1) is 18.6. The Morgan fingerprint density at radius 3 is 2.04 bits per heavy atom. The second-order valence-electron chi connectivity index (χ2n) is 5.77. The van der Waals surface area contributed by atoms with Crippen molar-refractivity contribution in [1.82, 2.24) is 4.90 Å². The molecule has 2 aromatic rings. The summed E-state index contributed by atoms with van der Waals surface area (Å²) in [6, 6.07) is 13.7. The smallest absolute Gasteiger partial charge is 0.222 e. The minimum Gasteiger partial charge on any atom is -0.493 e. The molecule has 0 radical (unpaired) electrons. The van der Waals surface area contributed by atoms with E-state index >= 15 is 0 Å². The maximum absolute atomic E-state index is 12.4. The van der Waals surface area contributed by atoms with Crippen molar-refractivity contribution in [2.24, 2.45) is 0 Å². The Bertz CT molecular complexity index is 675. The van der Waals surface area contributed by atoms with Crippen LogP contribution >= 0.6 is 0 Å². The maximum Gasteiger partial charge on any atom is 0.222 e. The topological polar surface area (TPSA) is 48.0 Å². The third-order valence-corrected chi connectivity index (χ3v) is 4.04. The lowest BCUT2D eigenvalue weighted by Gasteiger charge is -2.18. The van der Waals surface area contributed by atoms with Crippen molar-refractivity contribution < 1.29 is 19.0 Å². The van der Waals surface area contributed by atoms with Gasteiger partial charge in [0.25, 0.3) is 0 Å². The number of methoxy groups -OCH3 is 3. The van der Waals surface area contributed by atoms with E-state index in [1.165, 1.54) is 0 Å². The van der Waals surface area contributed by atoms with E-state index in [1.54, 1.807) is 26.2 Å². The first-order chi connectivity index (χ1) is 12.1. The van der Waals surface area contributed by atoms with Gasteiger partial charge in [-0.1, -0.05) is 30.3 Å². The Hall–Kier alpha value is -2.69. The van der Waals surface area contributed by atoms with Gasteiger partial charge in [-0.15, -0.1) is 0 Å². The summed E-state index contributed by atoms with van der Waals surface area (Å²) >= 11 is 0. The van der Waals surface area contributed by atoms with Gasteiger partial charge < -0.3 is 19.1 Å². The lowest BCUT2D eigenvalue weighted by atomic mass is 10.1. The molecule has 0 saturated carbocycles. The van der Waals surface area contributed by atoms with Crippen LogP contribution in [0.15, 0.2) is 42.5 Å². The predicted molar refractivity (Wildman–Crippen MR) is 97.3 cm³/mol. The summed E-state index contributed by atoms with van der Waals surface area (Å²) in [6.45, 7) is 0.606. The summed E-state index contributed by atoms with van der Waals surface area (Å²) in [5.41, 5.74) is 2.09. The summed E-state index contributed by atoms with van der Waals surface area (Å²) in [4.78, 5) is 14.1. The number of carbonyl (C=O) groups is 1. The molecule has 1 amide bonds. The molecule has 0 saturated heterocycles. The zero-order chi connectivity index (χ0) is 18.2. The predicted octanol–water partition coefficient (Wildman–Crippen LogP) is 3.30. The number of benzene rings is 2. The highest BCUT2D eigenvalue weighted by molar-refractivity contribution is 5.76. The van der Waals surface area contributed by atoms with Gasteiger partial charge in [-0.25, -0.2) is 0 Å². The highest BCUT2D eigenvalue weighted by Crippen LogP contribution is 2.38. The Balaban J connectivity index is 2.01. The van der Waals surface area contributed by atoms with Crippen LogP contribution in [0.25, 0.3) is 0 Å². The molecule has 5 nitrogen and oxygen atoms in total. The normalized spacial score (nSPS) is 10.2. The number of carbonyl (C=O) groups excluding carboxylic acids is 1. The van der Waals surface area contributed by atoms with Gasteiger partial charge in [0.05, 0.1) is 21.3 Å². The van der Waals surface area contributed by atoms with Crippen LogP contribution in [-0.2, 0) is 17.8 Å². The Morgan fingerprint density at radius 1 is 0.920 bits per heavy atom. The minimum absolute atomic E-state index is 0.0950. The molecule has 134 valence electrons. The quantitative estimate of drug-likeness (QED) is 0.738. The third kappa shape index (κ3) is 4.89. The van der Waals surface area contributed by atoms with Gasteiger partial charge in [-0.2, -0.15) is 0 Å². The molecule has 0 spiro atoms. The molecule has 0 unspecified atom stereocenters. The van der Waals surface area contributed by atoms with Crippen LogP contribution in [0.3, 0.4) is 0 Å². The molecule has 25 heavy (non-hydrogen) atoms. The van der Waals surface area contributed by atoms with Crippen LogP contribution in [-0.4, -0.2) is 39.2 Å². The molecule has 0 aliphatic heterocycles. The zero-order valence-corrected chi connectivity index (χ0v) is 15.2. The van der Waals surface area contributed by atoms with E-state index in [-0.39, 0.29) is 5.91 Å². The Labute approximate surface area is 149 Å². The van der Waals surface area contributed by atoms with Gasteiger partial charge in [0.15, 0.2) is 11.5 Å². The highest BCUT2D eigenvalue weighted by atomic mass is 16.5. The van der Waals surface area contributed by atoms with Gasteiger partial charge in [-0.3, -0.25) is 4.79 Å². The molecule has 2 rings (SSSR count). The van der Waals surface area contributed by atoms with Crippen LogP contribution < -0.4 is 14.2 Å². The standard InChI is InChI=1S/C20H25NO4/c1-21(14-15-8-6-5-7-9-15)19(22)11-10-16-12-17(23-2)20(25-4)18(13-16)24-3/h5-9,12-13H,10-11,14H2,1-4H3. The van der Waals surface area contributed by atoms with E-state index in [0.717, 1.165) is 11.1 Å². The maximum atomic E-state index is 12.4. The molecule has 0 bridgehead atoms. The summed E-state index contributed by atoms with van der Waals surface area (Å²) in [7, 11) is 6.56. The van der Waals surface area contributed by atoms with E-state index in [4.69, 9.17) is 14.2 Å². The highest BCUT2D eigenvalue weighted by Gasteiger charge is 2.15. The fourth-order valence-electron chi connectivity index (χ4n) is 2.67. The van der Waals surface area contributed by atoms with Crippen molar-refractivity contribution in [2.75, 3.05) is 28.4 Å². The third-order valence-electron chi connectivity index (χ3n) is 4.04. The van der Waals surface area contributed by atoms with Gasteiger partial charge >= 0.3 is 0 Å². The molecular weight excluding hydrogens is 318 g/mol. The number of ether oxygens (including phenoxy) is 3. The SMILES string of the molecule is COc1cc(CCC(=O)N(C)Cc2ccccc2)cc(OC)c1OC. The average Bonchev–Trinajstić information content (AvgIpc) is 2.65. The van der Waals surface area contributed by atoms with Crippen LogP contribution in [0, 0.1) is 0 Å². The monoisotopic (exact) mass is 343 g/mol. The Morgan fingerprint density at radius 2 is 1.52 bits per heavy atom. The van der Waals surface area contributed by atoms with E-state index < -0.39 is 0 Å². The first-order valence-electron chi connectivity index (χ1n) is 8.15. The van der Waals surface area contributed by atoms with Crippen molar-refractivity contribution >= 4 is 5.91 Å². The van der Waals surface area contributed by atoms with Crippen LogP contribution in [0.5, 0.6) is 17.2 Å². The largest absolute Gasteiger partial charge is 0.493 e. The molecule has 0 aliphatic rings. The van der Waals surface area contributed by atoms with Crippen molar-refractivity contribution in [2.45, 2.75) is 19.4 Å². The summed E-state index contributed by atoms with van der Waals surface area (Å²) in [6.07, 6.45) is 1.02. The van der Waals surface area contributed by atoms with Gasteiger partial charge in [0.1, 0.15) is 0 Å². The molecule has 0 heterocycles. The molecule has 5 heteroatoms. The lowest BCUT2D eigenvalue weighted by molar-refractivity contribution is -0.130. The van der Waals surface area contributed by atoms with Crippen molar-refractivity contribution in [1.29, 1.82) is 0 Å². The summed E-state index contributed by atoms with van der Waals surface area (Å²) in [5, 5.41) is 0. The number of rotatable bonds is 8. The van der Waals surface area contributed by atoms with E-state index in [0.29, 0.717) is 36.6 Å². The first-order valence-corrected chi connectivity index (χ1v) is 8.15. The Kier molecular flexibility index (Phi) is 6.69. The van der Waals surface area contributed by atoms with Crippen LogP contribution in [0.2, 0.25) is 0 Å². The van der Waals surface area contributed by atoms with Crippen molar-refractivity contribution in [3.05, 3.63) is 53.6 Å². The van der Waals surface area contributed by atoms with Crippen molar-refractivity contribution in [3.63, 3.8) is 0 Å². The summed E-state index contributed by atoms with van der Waals surface area (Å²) in [5.74, 6) is 1.85. The van der Waals surface area contributed by atoms with E-state index in [9.17, 15) is 4.79 Å². The molecule has 0 fully saturated rings. The fraction of sp³-hybridized carbons (Fsp3) is 0.350. The molecule has 2 aromatic carbocycles. The van der Waals surface area contributed by atoms with E-state index in [2.05, 4.69) is 0 Å². The number of nitrogens with zero attached hydrogens (tertiary/aromatic N) is 1. The van der Waals surface area contributed by atoms with Crippen LogP contribution in [0.1, 0.15) is 17.5 Å². The molecule has 0 N–H and O–H groups in total. The van der Waals surface area contributed by atoms with E-state index in [1.807, 2.05) is 49.5 Å². The van der Waals surface area contributed by atoms with Gasteiger partial charge in [0.2, 0.25) is 11.7 Å².